The first-order chi connectivity index (χ1) is 21.2. The van der Waals surface area contributed by atoms with E-state index in [9.17, 15) is 14.7 Å². The Kier molecular flexibility index (Phi) is 12.4. The molecule has 2 heterocycles. The summed E-state index contributed by atoms with van der Waals surface area (Å²) in [6.45, 7) is 1.57. The molecule has 0 saturated carbocycles. The number of ether oxygens (including phenoxy) is 5. The average Bonchev–Trinajstić information content (AvgIpc) is 3.01. The van der Waals surface area contributed by atoms with E-state index in [1.54, 1.807) is 55.5 Å². The summed E-state index contributed by atoms with van der Waals surface area (Å²) < 4.78 is 26.0. The molecule has 0 aliphatic heterocycles. The molecular formula is C30H26Cl2N4O8. The molecule has 14 heteroatoms. The van der Waals surface area contributed by atoms with Gasteiger partial charge in [-0.25, -0.2) is 29.5 Å². The molecule has 228 valence electrons. The molecular weight excluding hydrogens is 615 g/mol. The predicted octanol–water partition coefficient (Wildman–Crippen LogP) is 6.47. The number of carboxylic acid groups (broad SMARTS) is 1. The monoisotopic (exact) mass is 640 g/mol. The number of aromatic nitrogens is 4. The van der Waals surface area contributed by atoms with Crippen LogP contribution in [-0.2, 0) is 23.8 Å². The number of hydrogen-bond acceptors (Lipinski definition) is 11. The average molecular weight is 641 g/mol. The topological polar surface area (TPSA) is 152 Å². The van der Waals surface area contributed by atoms with Crippen LogP contribution in [0.1, 0.15) is 18.1 Å². The number of allylic oxidation sites excluding steroid dienone is 1. The molecule has 2 aromatic carbocycles. The summed E-state index contributed by atoms with van der Waals surface area (Å²) >= 11 is 11.6. The van der Waals surface area contributed by atoms with Crippen molar-refractivity contribution in [2.45, 2.75) is 6.92 Å². The highest BCUT2D eigenvalue weighted by atomic mass is 35.5. The highest BCUT2D eigenvalue weighted by molar-refractivity contribution is 6.29. The highest BCUT2D eigenvalue weighted by Crippen LogP contribution is 2.32. The van der Waals surface area contributed by atoms with E-state index >= 15 is 0 Å². The SMILES string of the molecule is CO/C(C)=C(/C(=O)O)c1ccccc1Oc1cc(Cl)ncn1.CO/C=C(/C(=O)OC)c1ccccc1Oc1cc(Cl)ncn1. The highest BCUT2D eigenvalue weighted by Gasteiger charge is 2.20. The Hall–Kier alpha value is -5.20. The van der Waals surface area contributed by atoms with Crippen LogP contribution in [0.5, 0.6) is 23.3 Å². The summed E-state index contributed by atoms with van der Waals surface area (Å²) in [6, 6.07) is 16.5. The van der Waals surface area contributed by atoms with Gasteiger partial charge in [0.05, 0.1) is 27.6 Å². The lowest BCUT2D eigenvalue weighted by atomic mass is 10.0. The standard InChI is InChI=1S/2C15H13ClN2O4/c1-20-8-11(15(19)21-2)10-5-3-4-6-12(10)22-14-7-13(16)17-9-18-14;1-9(21-2)14(15(19)20)10-5-3-4-6-11(10)22-13-7-12(16)17-8-18-13/h3-9H,1-2H3;3-8H,1-2H3,(H,19,20)/b11-8+;14-9+. The molecule has 0 fully saturated rings. The fraction of sp³-hybridized carbons (Fsp3) is 0.133. The van der Waals surface area contributed by atoms with Gasteiger partial charge >= 0.3 is 11.9 Å². The second-order valence-electron chi connectivity index (χ2n) is 8.25. The summed E-state index contributed by atoms with van der Waals surface area (Å²) in [7, 11) is 4.14. The van der Waals surface area contributed by atoms with Gasteiger partial charge in [-0.05, 0) is 19.1 Å². The molecule has 44 heavy (non-hydrogen) atoms. The number of carboxylic acids is 1. The minimum Gasteiger partial charge on any atom is -0.503 e. The molecule has 0 radical (unpaired) electrons. The molecule has 0 amide bonds. The molecule has 0 atom stereocenters. The maximum atomic E-state index is 11.9. The molecule has 2 aromatic heterocycles. The van der Waals surface area contributed by atoms with Crippen molar-refractivity contribution in [3.05, 3.63) is 107 Å². The van der Waals surface area contributed by atoms with E-state index in [4.69, 9.17) is 46.9 Å². The Labute approximate surface area is 262 Å². The van der Waals surface area contributed by atoms with Crippen LogP contribution in [0, 0.1) is 0 Å². The fourth-order valence-corrected chi connectivity index (χ4v) is 3.79. The van der Waals surface area contributed by atoms with Crippen molar-refractivity contribution in [2.24, 2.45) is 0 Å². The van der Waals surface area contributed by atoms with Gasteiger partial charge in [-0.1, -0.05) is 59.6 Å². The lowest BCUT2D eigenvalue weighted by molar-refractivity contribution is -0.134. The molecule has 0 bridgehead atoms. The van der Waals surface area contributed by atoms with Crippen LogP contribution >= 0.6 is 23.2 Å². The number of para-hydroxylation sites is 2. The van der Waals surface area contributed by atoms with Crippen LogP contribution in [0.15, 0.2) is 85.3 Å². The molecule has 4 aromatic rings. The molecule has 12 nitrogen and oxygen atoms in total. The van der Waals surface area contributed by atoms with Crippen molar-refractivity contribution >= 4 is 46.3 Å². The maximum absolute atomic E-state index is 11.9. The van der Waals surface area contributed by atoms with Crippen LogP contribution in [0.25, 0.3) is 11.1 Å². The number of halogens is 2. The largest absolute Gasteiger partial charge is 0.503 e. The van der Waals surface area contributed by atoms with Gasteiger partial charge < -0.3 is 28.8 Å². The van der Waals surface area contributed by atoms with E-state index in [0.29, 0.717) is 22.6 Å². The minimum absolute atomic E-state index is 0.0123. The Morgan fingerprint density at radius 1 is 0.750 bits per heavy atom. The summed E-state index contributed by atoms with van der Waals surface area (Å²) in [5.74, 6) is -0.183. The van der Waals surface area contributed by atoms with Crippen LogP contribution in [0.3, 0.4) is 0 Å². The van der Waals surface area contributed by atoms with Gasteiger partial charge in [-0.15, -0.1) is 0 Å². The van der Waals surface area contributed by atoms with Gasteiger partial charge in [-0.3, -0.25) is 0 Å². The Bertz CT molecular complexity index is 1680. The zero-order valence-corrected chi connectivity index (χ0v) is 25.4. The summed E-state index contributed by atoms with van der Waals surface area (Å²) in [4.78, 5) is 38.8. The first-order valence-electron chi connectivity index (χ1n) is 12.5. The number of benzene rings is 2. The quantitative estimate of drug-likeness (QED) is 0.0875. The van der Waals surface area contributed by atoms with Crippen molar-refractivity contribution in [3.63, 3.8) is 0 Å². The van der Waals surface area contributed by atoms with Gasteiger partial charge in [-0.2, -0.15) is 0 Å². The van der Waals surface area contributed by atoms with Crippen LogP contribution in [-0.4, -0.2) is 58.3 Å². The fourth-order valence-electron chi connectivity index (χ4n) is 3.52. The van der Waals surface area contributed by atoms with E-state index in [1.165, 1.54) is 52.4 Å². The number of carbonyl (C=O) groups excluding carboxylic acids is 1. The Morgan fingerprint density at radius 3 is 1.70 bits per heavy atom. The zero-order chi connectivity index (χ0) is 32.1. The lowest BCUT2D eigenvalue weighted by Gasteiger charge is -2.13. The molecule has 0 saturated heterocycles. The van der Waals surface area contributed by atoms with E-state index in [-0.39, 0.29) is 39.0 Å². The second-order valence-corrected chi connectivity index (χ2v) is 9.03. The third-order valence-electron chi connectivity index (χ3n) is 5.49. The Balaban J connectivity index is 0.000000240. The van der Waals surface area contributed by atoms with Crippen molar-refractivity contribution < 1.29 is 38.4 Å². The van der Waals surface area contributed by atoms with E-state index < -0.39 is 11.9 Å². The molecule has 0 aliphatic carbocycles. The van der Waals surface area contributed by atoms with Crippen molar-refractivity contribution in [1.82, 2.24) is 19.9 Å². The zero-order valence-electron chi connectivity index (χ0n) is 23.9. The van der Waals surface area contributed by atoms with Crippen LogP contribution < -0.4 is 9.47 Å². The van der Waals surface area contributed by atoms with Gasteiger partial charge in [0.1, 0.15) is 51.4 Å². The summed E-state index contributed by atoms with van der Waals surface area (Å²) in [6.07, 6.45) is 3.84. The molecule has 4 rings (SSSR count). The summed E-state index contributed by atoms with van der Waals surface area (Å²) in [5, 5.41) is 9.90. The maximum Gasteiger partial charge on any atom is 0.341 e. The molecule has 0 aliphatic rings. The molecule has 0 spiro atoms. The minimum atomic E-state index is -1.11. The number of nitrogens with zero attached hydrogens (tertiary/aromatic N) is 4. The smallest absolute Gasteiger partial charge is 0.341 e. The van der Waals surface area contributed by atoms with Gasteiger partial charge in [0.2, 0.25) is 11.8 Å². The van der Waals surface area contributed by atoms with Crippen LogP contribution in [0.2, 0.25) is 10.3 Å². The number of hydrogen-bond donors (Lipinski definition) is 1. The number of carbonyl (C=O) groups is 2. The van der Waals surface area contributed by atoms with Crippen molar-refractivity contribution in [1.29, 1.82) is 0 Å². The van der Waals surface area contributed by atoms with Gasteiger partial charge in [0, 0.05) is 23.3 Å². The lowest BCUT2D eigenvalue weighted by Crippen LogP contribution is -2.06. The summed E-state index contributed by atoms with van der Waals surface area (Å²) in [5.41, 5.74) is 1.12. The second kappa shape index (κ2) is 16.4. The number of rotatable bonds is 10. The van der Waals surface area contributed by atoms with Crippen molar-refractivity contribution in [3.8, 4) is 23.3 Å². The molecule has 0 unspecified atom stereocenters. The molecule has 1 N–H and O–H groups in total. The number of methoxy groups -OCH3 is 3. The third kappa shape index (κ3) is 9.15. The van der Waals surface area contributed by atoms with Gasteiger partial charge in [0.25, 0.3) is 0 Å². The third-order valence-corrected chi connectivity index (χ3v) is 5.91. The van der Waals surface area contributed by atoms with E-state index in [0.717, 1.165) is 0 Å². The van der Waals surface area contributed by atoms with E-state index in [2.05, 4.69) is 19.9 Å². The Morgan fingerprint density at radius 2 is 1.25 bits per heavy atom. The predicted molar refractivity (Wildman–Crippen MR) is 161 cm³/mol. The first kappa shape index (κ1) is 33.3. The van der Waals surface area contributed by atoms with Crippen molar-refractivity contribution in [2.75, 3.05) is 21.3 Å². The van der Waals surface area contributed by atoms with E-state index in [1.807, 2.05) is 0 Å². The number of aliphatic carboxylic acids is 1. The first-order valence-corrected chi connectivity index (χ1v) is 13.2. The number of esters is 1. The van der Waals surface area contributed by atoms with Crippen LogP contribution in [0.4, 0.5) is 0 Å². The normalized spacial score (nSPS) is 11.3. The van der Waals surface area contributed by atoms with Gasteiger partial charge in [0.15, 0.2) is 0 Å².